The van der Waals surface area contributed by atoms with E-state index in [1.807, 2.05) is 6.92 Å². The molecule has 0 nitrogen and oxygen atoms in total. The van der Waals surface area contributed by atoms with E-state index >= 15 is 0 Å². The number of hydrogen-bond donors (Lipinski definition) is 0. The van der Waals surface area contributed by atoms with Gasteiger partial charge in [-0.3, -0.25) is 0 Å². The summed E-state index contributed by atoms with van der Waals surface area (Å²) in [5.74, 6) is -0.759. The summed E-state index contributed by atoms with van der Waals surface area (Å²) in [5.41, 5.74) is 0. The normalized spacial score (nSPS) is 23.2. The standard InChI is InChI=1S/C12H22BF2.Sn/c1-5-6-7-8(2)9(3)11(14)12(15)10(4)13;/h5,8-12H,6-7H2,1-4H3;. The van der Waals surface area contributed by atoms with Gasteiger partial charge in [-0.15, -0.1) is 0 Å². The Morgan fingerprint density at radius 3 is 1.88 bits per heavy atom. The third-order valence-corrected chi connectivity index (χ3v) is 4.09. The Kier molecular flexibility index (Phi) is 8.30. The van der Waals surface area contributed by atoms with Crippen molar-refractivity contribution in [3.8, 4) is 0 Å². The number of hydrogen-bond acceptors (Lipinski definition) is 0. The zero-order valence-electron chi connectivity index (χ0n) is 10.7. The molecule has 16 heavy (non-hydrogen) atoms. The maximum atomic E-state index is 13.8. The molecule has 0 aliphatic rings. The summed E-state index contributed by atoms with van der Waals surface area (Å²) in [4.78, 5) is 0. The summed E-state index contributed by atoms with van der Waals surface area (Å²) in [6, 6.07) is 0. The van der Waals surface area contributed by atoms with E-state index in [0.717, 1.165) is 12.8 Å². The van der Waals surface area contributed by atoms with E-state index in [-0.39, 0.29) is 11.8 Å². The zero-order chi connectivity index (χ0) is 12.9. The fraction of sp³-hybridized carbons (Fsp3) is 1.00. The van der Waals surface area contributed by atoms with Gasteiger partial charge in [-0.25, -0.2) is 0 Å². The molecule has 0 aromatic carbocycles. The van der Waals surface area contributed by atoms with Crippen molar-refractivity contribution in [2.45, 2.75) is 62.6 Å². The van der Waals surface area contributed by atoms with Gasteiger partial charge in [-0.05, 0) is 0 Å². The molecule has 0 heterocycles. The van der Waals surface area contributed by atoms with Crippen molar-refractivity contribution >= 4 is 30.4 Å². The van der Waals surface area contributed by atoms with Crippen LogP contribution in [0.3, 0.4) is 0 Å². The van der Waals surface area contributed by atoms with Gasteiger partial charge in [0.15, 0.2) is 0 Å². The Bertz CT molecular complexity index is 188. The molecule has 0 saturated carbocycles. The van der Waals surface area contributed by atoms with Crippen LogP contribution < -0.4 is 0 Å². The monoisotopic (exact) mass is 335 g/mol. The molecule has 0 bridgehead atoms. The summed E-state index contributed by atoms with van der Waals surface area (Å²) in [6.07, 6.45) is -0.900. The minimum absolute atomic E-state index is 0.218. The molecule has 0 spiro atoms. The molecule has 5 radical (unpaired) electrons. The minimum atomic E-state index is -1.54. The first-order chi connectivity index (χ1) is 7.27. The van der Waals surface area contributed by atoms with Crippen molar-refractivity contribution < 1.29 is 8.78 Å². The van der Waals surface area contributed by atoms with Crippen LogP contribution in [-0.2, 0) is 0 Å². The average Bonchev–Trinajstić information content (AvgIpc) is 2.22. The molecule has 0 rings (SSSR count). The van der Waals surface area contributed by atoms with Crippen molar-refractivity contribution in [2.24, 2.45) is 11.8 Å². The Morgan fingerprint density at radius 1 is 1.00 bits per heavy atom. The van der Waals surface area contributed by atoms with Crippen LogP contribution in [0.15, 0.2) is 0 Å². The second-order valence-corrected chi connectivity index (χ2v) is 7.88. The van der Waals surface area contributed by atoms with Crippen molar-refractivity contribution in [3.05, 3.63) is 0 Å². The second-order valence-electron chi connectivity index (χ2n) is 5.06. The third kappa shape index (κ3) is 5.88. The van der Waals surface area contributed by atoms with Gasteiger partial charge in [0.25, 0.3) is 0 Å². The summed E-state index contributed by atoms with van der Waals surface area (Å²) < 4.78 is 27.9. The molecule has 0 aliphatic carbocycles. The second kappa shape index (κ2) is 7.94. The molecule has 6 atom stereocenters. The van der Waals surface area contributed by atoms with Crippen LogP contribution in [0.5, 0.6) is 0 Å². The number of alkyl halides is 2. The van der Waals surface area contributed by atoms with E-state index < -0.39 is 18.2 Å². The van der Waals surface area contributed by atoms with Crippen LogP contribution in [0.1, 0.15) is 40.5 Å². The van der Waals surface area contributed by atoms with E-state index in [1.54, 1.807) is 6.92 Å². The summed E-state index contributed by atoms with van der Waals surface area (Å²) in [7, 11) is 5.39. The molecule has 0 saturated heterocycles. The van der Waals surface area contributed by atoms with Gasteiger partial charge < -0.3 is 0 Å². The van der Waals surface area contributed by atoms with E-state index in [1.165, 1.54) is 29.4 Å². The van der Waals surface area contributed by atoms with Crippen LogP contribution in [0, 0.1) is 11.8 Å². The fourth-order valence-corrected chi connectivity index (χ4v) is 2.15. The molecule has 0 amide bonds. The molecule has 0 aromatic heterocycles. The van der Waals surface area contributed by atoms with E-state index in [4.69, 9.17) is 7.85 Å². The molecule has 0 aromatic rings. The van der Waals surface area contributed by atoms with Crippen LogP contribution in [-0.4, -0.2) is 42.7 Å². The molecule has 4 heteroatoms. The van der Waals surface area contributed by atoms with Crippen molar-refractivity contribution in [2.75, 3.05) is 0 Å². The Labute approximate surface area is 113 Å². The maximum absolute atomic E-state index is 13.8. The van der Waals surface area contributed by atoms with Crippen molar-refractivity contribution in [1.82, 2.24) is 0 Å². The molecule has 6 unspecified atom stereocenters. The van der Waals surface area contributed by atoms with Gasteiger partial charge in [-0.1, -0.05) is 0 Å². The van der Waals surface area contributed by atoms with Gasteiger partial charge in [-0.2, -0.15) is 0 Å². The first-order valence-corrected chi connectivity index (χ1v) is 7.67. The Morgan fingerprint density at radius 2 is 1.50 bits per heavy atom. The van der Waals surface area contributed by atoms with Gasteiger partial charge in [0.05, 0.1) is 0 Å². The van der Waals surface area contributed by atoms with Gasteiger partial charge >= 0.3 is 114 Å². The zero-order valence-corrected chi connectivity index (χ0v) is 13.6. The Hall–Kier alpha value is 0.724. The number of halogens is 2. The van der Waals surface area contributed by atoms with E-state index in [0.29, 0.717) is 3.93 Å². The first-order valence-electron chi connectivity index (χ1n) is 6.02. The number of rotatable bonds is 7. The first kappa shape index (κ1) is 16.7. The molecule has 0 N–H and O–H groups in total. The van der Waals surface area contributed by atoms with Crippen LogP contribution in [0.25, 0.3) is 0 Å². The quantitative estimate of drug-likeness (QED) is 0.624. The van der Waals surface area contributed by atoms with Crippen molar-refractivity contribution in [3.63, 3.8) is 0 Å². The SMILES string of the molecule is [B]C(C)C(F)C(F)C(C)C(C)CC[CH](C)[Sn]. The molecular formula is C12H22BF2Sn. The van der Waals surface area contributed by atoms with Gasteiger partial charge in [0.2, 0.25) is 0 Å². The van der Waals surface area contributed by atoms with Crippen LogP contribution in [0.2, 0.25) is 9.75 Å². The van der Waals surface area contributed by atoms with E-state index in [2.05, 4.69) is 6.92 Å². The van der Waals surface area contributed by atoms with Crippen molar-refractivity contribution in [1.29, 1.82) is 0 Å². The fourth-order valence-electron chi connectivity index (χ4n) is 1.67. The summed E-state index contributed by atoms with van der Waals surface area (Å²) >= 11 is 1.51. The predicted octanol–water partition coefficient (Wildman–Crippen LogP) is 3.67. The molecule has 0 aliphatic heterocycles. The average molecular weight is 334 g/mol. The Balaban J connectivity index is 4.15. The topological polar surface area (TPSA) is 0 Å². The predicted molar refractivity (Wildman–Crippen MR) is 67.7 cm³/mol. The summed E-state index contributed by atoms with van der Waals surface area (Å²) in [5, 5.41) is 0. The van der Waals surface area contributed by atoms with Crippen LogP contribution in [0.4, 0.5) is 8.78 Å². The van der Waals surface area contributed by atoms with Gasteiger partial charge in [0.1, 0.15) is 0 Å². The van der Waals surface area contributed by atoms with Crippen LogP contribution >= 0.6 is 0 Å². The summed E-state index contributed by atoms with van der Waals surface area (Å²) in [6.45, 7) is 7.50. The van der Waals surface area contributed by atoms with E-state index in [9.17, 15) is 8.78 Å². The molecule has 91 valence electrons. The molecule has 0 fully saturated rings. The molecular weight excluding hydrogens is 312 g/mol. The van der Waals surface area contributed by atoms with Gasteiger partial charge in [0, 0.05) is 0 Å². The third-order valence-electron chi connectivity index (χ3n) is 3.26.